The zero-order valence-electron chi connectivity index (χ0n) is 14.9. The van der Waals surface area contributed by atoms with Crippen molar-refractivity contribution < 1.29 is 13.2 Å². The van der Waals surface area contributed by atoms with Crippen LogP contribution in [-0.4, -0.2) is 44.6 Å². The summed E-state index contributed by atoms with van der Waals surface area (Å²) >= 11 is 5.25. The Kier molecular flexibility index (Phi) is 7.46. The van der Waals surface area contributed by atoms with Gasteiger partial charge in [0.25, 0.3) is 0 Å². The molecule has 0 radical (unpaired) electrons. The van der Waals surface area contributed by atoms with Gasteiger partial charge in [0, 0.05) is 19.6 Å². The zero-order chi connectivity index (χ0) is 18.3. The topological polar surface area (TPSA) is 70.7 Å². The summed E-state index contributed by atoms with van der Waals surface area (Å²) in [5, 5.41) is 6.55. The van der Waals surface area contributed by atoms with Crippen molar-refractivity contribution in [1.82, 2.24) is 9.62 Å². The Balaban J connectivity index is 2.25. The van der Waals surface area contributed by atoms with Crippen LogP contribution in [0.1, 0.15) is 39.0 Å². The predicted octanol–water partition coefficient (Wildman–Crippen LogP) is 2.96. The highest BCUT2D eigenvalue weighted by atomic mass is 32.2. The molecule has 0 bridgehead atoms. The van der Waals surface area contributed by atoms with Crippen molar-refractivity contribution in [3.8, 4) is 5.75 Å². The van der Waals surface area contributed by atoms with Crippen LogP contribution in [0.4, 0.5) is 5.69 Å². The number of hydrogen-bond donors (Lipinski definition) is 2. The number of nitrogens with zero attached hydrogens (tertiary/aromatic N) is 1. The molecule has 1 saturated heterocycles. The number of methoxy groups -OCH3 is 1. The Morgan fingerprint density at radius 1 is 1.24 bits per heavy atom. The van der Waals surface area contributed by atoms with Crippen LogP contribution >= 0.6 is 12.2 Å². The van der Waals surface area contributed by atoms with E-state index in [1.54, 1.807) is 29.6 Å². The molecule has 1 heterocycles. The van der Waals surface area contributed by atoms with Crippen molar-refractivity contribution in [2.75, 3.05) is 32.1 Å². The second-order valence-corrected chi connectivity index (χ2v) is 8.41. The monoisotopic (exact) mass is 385 g/mol. The van der Waals surface area contributed by atoms with Crippen LogP contribution in [-0.2, 0) is 10.0 Å². The van der Waals surface area contributed by atoms with E-state index in [1.165, 1.54) is 0 Å². The molecule has 0 aliphatic carbocycles. The SMILES string of the molecule is CCCNC(=S)Nc1cc(S(=O)(=O)N2CCCCCC2)ccc1OC. The Hall–Kier alpha value is -1.38. The Morgan fingerprint density at radius 2 is 1.92 bits per heavy atom. The van der Waals surface area contributed by atoms with Gasteiger partial charge >= 0.3 is 0 Å². The lowest BCUT2D eigenvalue weighted by Crippen LogP contribution is -2.32. The molecule has 0 amide bonds. The van der Waals surface area contributed by atoms with Gasteiger partial charge in [-0.2, -0.15) is 4.31 Å². The lowest BCUT2D eigenvalue weighted by molar-refractivity contribution is 0.415. The maximum Gasteiger partial charge on any atom is 0.243 e. The summed E-state index contributed by atoms with van der Waals surface area (Å²) in [4.78, 5) is 0.260. The van der Waals surface area contributed by atoms with Crippen LogP contribution in [0.15, 0.2) is 23.1 Å². The minimum absolute atomic E-state index is 0.260. The molecular formula is C17H27N3O3S2. The zero-order valence-corrected chi connectivity index (χ0v) is 16.5. The van der Waals surface area contributed by atoms with Crippen LogP contribution in [0.25, 0.3) is 0 Å². The minimum atomic E-state index is -3.51. The Morgan fingerprint density at radius 3 is 2.52 bits per heavy atom. The largest absolute Gasteiger partial charge is 0.495 e. The number of rotatable bonds is 6. The standard InChI is InChI=1S/C17H27N3O3S2/c1-3-10-18-17(24)19-15-13-14(8-9-16(15)23-2)25(21,22)20-11-6-4-5-7-12-20/h8-9,13H,3-7,10-12H2,1-2H3,(H2,18,19,24). The highest BCUT2D eigenvalue weighted by Crippen LogP contribution is 2.29. The summed E-state index contributed by atoms with van der Waals surface area (Å²) in [5.74, 6) is 0.551. The number of hydrogen-bond acceptors (Lipinski definition) is 4. The summed E-state index contributed by atoms with van der Waals surface area (Å²) in [6, 6.07) is 4.85. The molecule has 1 aromatic carbocycles. The summed E-state index contributed by atoms with van der Waals surface area (Å²) in [7, 11) is -1.96. The van der Waals surface area contributed by atoms with Gasteiger partial charge in [-0.15, -0.1) is 0 Å². The molecule has 8 heteroatoms. The van der Waals surface area contributed by atoms with Gasteiger partial charge in [0.15, 0.2) is 5.11 Å². The molecule has 0 spiro atoms. The number of benzene rings is 1. The van der Waals surface area contributed by atoms with E-state index in [0.717, 1.165) is 38.6 Å². The predicted molar refractivity (Wildman–Crippen MR) is 105 cm³/mol. The highest BCUT2D eigenvalue weighted by Gasteiger charge is 2.26. The van der Waals surface area contributed by atoms with E-state index < -0.39 is 10.0 Å². The lowest BCUT2D eigenvalue weighted by Gasteiger charge is -2.21. The first-order valence-electron chi connectivity index (χ1n) is 8.72. The van der Waals surface area contributed by atoms with Crippen molar-refractivity contribution in [1.29, 1.82) is 0 Å². The molecule has 0 saturated carbocycles. The van der Waals surface area contributed by atoms with Crippen molar-refractivity contribution in [3.63, 3.8) is 0 Å². The van der Waals surface area contributed by atoms with Crippen LogP contribution in [0.3, 0.4) is 0 Å². The molecule has 140 valence electrons. The molecule has 1 aliphatic heterocycles. The van der Waals surface area contributed by atoms with Crippen molar-refractivity contribution >= 4 is 33.0 Å². The van der Waals surface area contributed by atoms with Crippen LogP contribution in [0, 0.1) is 0 Å². The fourth-order valence-corrected chi connectivity index (χ4v) is 4.54. The quantitative estimate of drug-likeness (QED) is 0.734. The summed E-state index contributed by atoms with van der Waals surface area (Å²) in [6.45, 7) is 3.95. The second-order valence-electron chi connectivity index (χ2n) is 6.06. The van der Waals surface area contributed by atoms with E-state index in [9.17, 15) is 8.42 Å². The fourth-order valence-electron chi connectivity index (χ4n) is 2.78. The summed E-state index contributed by atoms with van der Waals surface area (Å²) in [5.41, 5.74) is 0.548. The van der Waals surface area contributed by atoms with Crippen LogP contribution in [0.2, 0.25) is 0 Å². The van der Waals surface area contributed by atoms with Gasteiger partial charge in [0.05, 0.1) is 17.7 Å². The third kappa shape index (κ3) is 5.29. The third-order valence-electron chi connectivity index (χ3n) is 4.16. The molecular weight excluding hydrogens is 358 g/mol. The van der Waals surface area contributed by atoms with E-state index in [0.29, 0.717) is 29.6 Å². The first-order chi connectivity index (χ1) is 12.0. The van der Waals surface area contributed by atoms with E-state index in [1.807, 2.05) is 6.92 Å². The molecule has 2 rings (SSSR count). The molecule has 1 fully saturated rings. The molecule has 1 aromatic rings. The minimum Gasteiger partial charge on any atom is -0.495 e. The van der Waals surface area contributed by atoms with E-state index >= 15 is 0 Å². The van der Waals surface area contributed by atoms with E-state index in [4.69, 9.17) is 17.0 Å². The maximum atomic E-state index is 13.0. The smallest absolute Gasteiger partial charge is 0.243 e. The molecule has 1 aliphatic rings. The molecule has 25 heavy (non-hydrogen) atoms. The lowest BCUT2D eigenvalue weighted by atomic mass is 10.2. The number of ether oxygens (including phenoxy) is 1. The Bertz CT molecular complexity index is 684. The maximum absolute atomic E-state index is 13.0. The molecule has 6 nitrogen and oxygen atoms in total. The Labute approximate surface area is 156 Å². The molecule has 0 atom stereocenters. The van der Waals surface area contributed by atoms with Crippen LogP contribution in [0.5, 0.6) is 5.75 Å². The third-order valence-corrected chi connectivity index (χ3v) is 6.30. The second kappa shape index (κ2) is 9.35. The van der Waals surface area contributed by atoms with Gasteiger partial charge in [-0.25, -0.2) is 8.42 Å². The number of nitrogens with one attached hydrogen (secondary N) is 2. The van der Waals surface area contributed by atoms with Gasteiger partial charge in [-0.05, 0) is 49.7 Å². The van der Waals surface area contributed by atoms with Crippen molar-refractivity contribution in [2.45, 2.75) is 43.9 Å². The highest BCUT2D eigenvalue weighted by molar-refractivity contribution is 7.89. The van der Waals surface area contributed by atoms with Crippen molar-refractivity contribution in [2.24, 2.45) is 0 Å². The van der Waals surface area contributed by atoms with Gasteiger partial charge < -0.3 is 15.4 Å². The van der Waals surface area contributed by atoms with Gasteiger partial charge in [0.2, 0.25) is 10.0 Å². The average Bonchev–Trinajstić information content (AvgIpc) is 2.89. The fraction of sp³-hybridized carbons (Fsp3) is 0.588. The van der Waals surface area contributed by atoms with Gasteiger partial charge in [0.1, 0.15) is 5.75 Å². The number of anilines is 1. The molecule has 0 unspecified atom stereocenters. The van der Waals surface area contributed by atoms with Crippen molar-refractivity contribution in [3.05, 3.63) is 18.2 Å². The summed E-state index contributed by atoms with van der Waals surface area (Å²) in [6.07, 6.45) is 4.93. The average molecular weight is 386 g/mol. The van der Waals surface area contributed by atoms with E-state index in [-0.39, 0.29) is 4.90 Å². The van der Waals surface area contributed by atoms with Gasteiger partial charge in [-0.3, -0.25) is 0 Å². The molecule has 0 aromatic heterocycles. The number of sulfonamides is 1. The summed E-state index contributed by atoms with van der Waals surface area (Å²) < 4.78 is 32.8. The normalized spacial score (nSPS) is 16.1. The number of thiocarbonyl (C=S) groups is 1. The molecule has 2 N–H and O–H groups in total. The first kappa shape index (κ1) is 19.9. The van der Waals surface area contributed by atoms with E-state index in [2.05, 4.69) is 10.6 Å². The first-order valence-corrected chi connectivity index (χ1v) is 10.6. The van der Waals surface area contributed by atoms with Gasteiger partial charge in [-0.1, -0.05) is 19.8 Å². The van der Waals surface area contributed by atoms with Crippen LogP contribution < -0.4 is 15.4 Å².